The lowest BCUT2D eigenvalue weighted by molar-refractivity contribution is 0.000160. The maximum Gasteiger partial charge on any atom is 0.0784 e. The third-order valence-corrected chi connectivity index (χ3v) is 5.04. The zero-order valence-corrected chi connectivity index (χ0v) is 13.5. The van der Waals surface area contributed by atoms with Gasteiger partial charge in [0, 0.05) is 34.8 Å². The van der Waals surface area contributed by atoms with Crippen LogP contribution in [0, 0.1) is 0 Å². The molecule has 0 aliphatic heterocycles. The van der Waals surface area contributed by atoms with E-state index in [2.05, 4.69) is 36.5 Å². The van der Waals surface area contributed by atoms with Crippen molar-refractivity contribution in [3.63, 3.8) is 0 Å². The molecule has 21 heavy (non-hydrogen) atoms. The molecule has 4 heteroatoms. The number of methoxy groups -OCH3 is 1. The minimum atomic E-state index is 0.123. The molecule has 0 bridgehead atoms. The Hall–Kier alpha value is -0.940. The first kappa shape index (κ1) is 15.0. The van der Waals surface area contributed by atoms with Gasteiger partial charge in [0.25, 0.3) is 0 Å². The summed E-state index contributed by atoms with van der Waals surface area (Å²) in [4.78, 5) is 1.41. The number of hydrogen-bond donors (Lipinski definition) is 1. The van der Waals surface area contributed by atoms with Gasteiger partial charge in [0.2, 0.25) is 0 Å². The predicted octanol–water partition coefficient (Wildman–Crippen LogP) is 3.70. The lowest BCUT2D eigenvalue weighted by Crippen LogP contribution is -2.17. The van der Waals surface area contributed by atoms with Gasteiger partial charge in [-0.3, -0.25) is 0 Å². The molecule has 2 aromatic rings. The van der Waals surface area contributed by atoms with Gasteiger partial charge in [-0.1, -0.05) is 18.2 Å². The Balaban J connectivity index is 1.76. The van der Waals surface area contributed by atoms with E-state index >= 15 is 0 Å². The normalized spacial score (nSPS) is 16.5. The smallest absolute Gasteiger partial charge is 0.0784 e. The monoisotopic (exact) mass is 305 g/mol. The van der Waals surface area contributed by atoms with Gasteiger partial charge in [0.1, 0.15) is 0 Å². The molecule has 1 aliphatic rings. The lowest BCUT2D eigenvalue weighted by Gasteiger charge is -2.13. The van der Waals surface area contributed by atoms with E-state index in [0.29, 0.717) is 13.2 Å². The van der Waals surface area contributed by atoms with Gasteiger partial charge in [-0.05, 0) is 31.2 Å². The molecule has 0 radical (unpaired) electrons. The Kier molecular flexibility index (Phi) is 4.91. The van der Waals surface area contributed by atoms with Crippen molar-refractivity contribution in [1.29, 1.82) is 0 Å². The van der Waals surface area contributed by atoms with Crippen molar-refractivity contribution in [3.8, 4) is 0 Å². The minimum absolute atomic E-state index is 0.123. The van der Waals surface area contributed by atoms with Crippen molar-refractivity contribution in [2.24, 2.45) is 0 Å². The van der Waals surface area contributed by atoms with Crippen LogP contribution in [0.1, 0.15) is 30.2 Å². The van der Waals surface area contributed by atoms with Crippen LogP contribution < -0.4 is 5.32 Å². The molecule has 1 aliphatic carbocycles. The minimum Gasteiger partial charge on any atom is -0.382 e. The van der Waals surface area contributed by atoms with Crippen LogP contribution >= 0.6 is 11.3 Å². The zero-order valence-electron chi connectivity index (χ0n) is 12.7. The van der Waals surface area contributed by atoms with Crippen LogP contribution in [0.4, 0.5) is 0 Å². The summed E-state index contributed by atoms with van der Waals surface area (Å²) >= 11 is 1.88. The van der Waals surface area contributed by atoms with Crippen LogP contribution in [0.25, 0.3) is 10.1 Å². The summed E-state index contributed by atoms with van der Waals surface area (Å²) in [6, 6.07) is 9.34. The van der Waals surface area contributed by atoms with Gasteiger partial charge in [0.15, 0.2) is 0 Å². The summed E-state index contributed by atoms with van der Waals surface area (Å²) in [5, 5.41) is 4.95. The van der Waals surface area contributed by atoms with E-state index in [0.717, 1.165) is 12.6 Å². The van der Waals surface area contributed by atoms with Gasteiger partial charge in [0.05, 0.1) is 19.3 Å². The van der Waals surface area contributed by atoms with Crippen LogP contribution in [0.3, 0.4) is 0 Å². The van der Waals surface area contributed by atoms with Crippen LogP contribution in [0.2, 0.25) is 0 Å². The van der Waals surface area contributed by atoms with E-state index in [1.165, 1.54) is 33.4 Å². The van der Waals surface area contributed by atoms with Crippen molar-refractivity contribution in [2.45, 2.75) is 45.1 Å². The van der Waals surface area contributed by atoms with Gasteiger partial charge < -0.3 is 14.8 Å². The lowest BCUT2D eigenvalue weighted by atomic mass is 10.1. The third kappa shape index (κ3) is 3.83. The van der Waals surface area contributed by atoms with Crippen molar-refractivity contribution < 1.29 is 9.47 Å². The zero-order chi connectivity index (χ0) is 14.7. The number of thiophene rings is 1. The Morgan fingerprint density at radius 2 is 2.14 bits per heavy atom. The number of hydrogen-bond acceptors (Lipinski definition) is 4. The molecule has 1 heterocycles. The SMILES string of the molecule is COCC(C)OCc1c(CNC2CC2)sc2ccccc12. The maximum absolute atomic E-state index is 5.95. The Labute approximate surface area is 130 Å². The van der Waals surface area contributed by atoms with Gasteiger partial charge in [-0.15, -0.1) is 11.3 Å². The summed E-state index contributed by atoms with van der Waals surface area (Å²) in [7, 11) is 1.71. The van der Waals surface area contributed by atoms with E-state index in [1.807, 2.05) is 11.3 Å². The number of fused-ring (bicyclic) bond motifs is 1. The molecule has 3 nitrogen and oxygen atoms in total. The number of rotatable bonds is 8. The fourth-order valence-corrected chi connectivity index (χ4v) is 3.64. The molecule has 1 aromatic carbocycles. The third-order valence-electron chi connectivity index (χ3n) is 3.82. The highest BCUT2D eigenvalue weighted by molar-refractivity contribution is 7.19. The van der Waals surface area contributed by atoms with E-state index in [9.17, 15) is 0 Å². The Morgan fingerprint density at radius 3 is 2.90 bits per heavy atom. The molecule has 3 rings (SSSR count). The first-order valence-corrected chi connectivity index (χ1v) is 8.42. The molecule has 1 aromatic heterocycles. The molecular weight excluding hydrogens is 282 g/mol. The average Bonchev–Trinajstić information content (AvgIpc) is 3.24. The van der Waals surface area contributed by atoms with Crippen LogP contribution in [0.15, 0.2) is 24.3 Å². The average molecular weight is 305 g/mol. The van der Waals surface area contributed by atoms with Crippen molar-refractivity contribution in [3.05, 3.63) is 34.7 Å². The van der Waals surface area contributed by atoms with Crippen molar-refractivity contribution >= 4 is 21.4 Å². The fourth-order valence-electron chi connectivity index (χ4n) is 2.48. The van der Waals surface area contributed by atoms with E-state index < -0.39 is 0 Å². The van der Waals surface area contributed by atoms with Crippen molar-refractivity contribution in [1.82, 2.24) is 5.32 Å². The molecule has 1 atom stereocenters. The molecule has 1 unspecified atom stereocenters. The number of nitrogens with one attached hydrogen (secondary N) is 1. The van der Waals surface area contributed by atoms with E-state index in [1.54, 1.807) is 7.11 Å². The molecule has 0 spiro atoms. The van der Waals surface area contributed by atoms with Gasteiger partial charge >= 0.3 is 0 Å². The fraction of sp³-hybridized carbons (Fsp3) is 0.529. The van der Waals surface area contributed by atoms with Crippen molar-refractivity contribution in [2.75, 3.05) is 13.7 Å². The molecule has 1 saturated carbocycles. The summed E-state index contributed by atoms with van der Waals surface area (Å²) in [5.74, 6) is 0. The maximum atomic E-state index is 5.95. The highest BCUT2D eigenvalue weighted by Gasteiger charge is 2.21. The summed E-state index contributed by atoms with van der Waals surface area (Å²) in [5.41, 5.74) is 1.34. The molecule has 0 amide bonds. The molecule has 0 saturated heterocycles. The van der Waals surface area contributed by atoms with E-state index in [4.69, 9.17) is 9.47 Å². The summed E-state index contributed by atoms with van der Waals surface area (Å²) < 4.78 is 12.4. The van der Waals surface area contributed by atoms with Gasteiger partial charge in [-0.25, -0.2) is 0 Å². The topological polar surface area (TPSA) is 30.5 Å². The predicted molar refractivity (Wildman–Crippen MR) is 87.8 cm³/mol. The summed E-state index contributed by atoms with van der Waals surface area (Å²) in [6.45, 7) is 4.31. The second-order valence-electron chi connectivity index (χ2n) is 5.73. The first-order valence-electron chi connectivity index (χ1n) is 7.61. The second-order valence-corrected chi connectivity index (χ2v) is 6.87. The molecule has 114 valence electrons. The Bertz CT molecular complexity index is 591. The quantitative estimate of drug-likeness (QED) is 0.806. The first-order chi connectivity index (χ1) is 10.3. The number of benzene rings is 1. The molecule has 1 fully saturated rings. The van der Waals surface area contributed by atoms with E-state index in [-0.39, 0.29) is 6.10 Å². The van der Waals surface area contributed by atoms with Crippen LogP contribution in [-0.2, 0) is 22.6 Å². The second kappa shape index (κ2) is 6.88. The largest absolute Gasteiger partial charge is 0.382 e. The highest BCUT2D eigenvalue weighted by atomic mass is 32.1. The standard InChI is InChI=1S/C17H23NO2S/c1-12(10-19-2)20-11-15-14-5-3-4-6-16(14)21-17(15)9-18-13-7-8-13/h3-6,12-13,18H,7-11H2,1-2H3. The number of ether oxygens (including phenoxy) is 2. The van der Waals surface area contributed by atoms with Gasteiger partial charge in [-0.2, -0.15) is 0 Å². The molecule has 1 N–H and O–H groups in total. The van der Waals surface area contributed by atoms with Crippen LogP contribution in [-0.4, -0.2) is 25.9 Å². The van der Waals surface area contributed by atoms with Crippen LogP contribution in [0.5, 0.6) is 0 Å². The Morgan fingerprint density at radius 1 is 1.33 bits per heavy atom. The summed E-state index contributed by atoms with van der Waals surface area (Å²) in [6.07, 6.45) is 2.77. The molecular formula is C17H23NO2S. The highest BCUT2D eigenvalue weighted by Crippen LogP contribution is 2.32.